The van der Waals surface area contributed by atoms with E-state index in [0.29, 0.717) is 39.5 Å². The lowest BCUT2D eigenvalue weighted by molar-refractivity contribution is -0.128. The Kier molecular flexibility index (Phi) is 8.75. The third-order valence-electron chi connectivity index (χ3n) is 5.85. The molecule has 2 amide bonds. The summed E-state index contributed by atoms with van der Waals surface area (Å²) in [6, 6.07) is 19.7. The number of hydrogen-bond donors (Lipinski definition) is 1. The SMILES string of the molecule is COc1ccc(N=C2S[C@H](CC(=O)Nc3ccc(OC)cc3)C(=O)N2Cc2ccc(OC)c(OC)c2)cc1. The minimum Gasteiger partial charge on any atom is -0.497 e. The first kappa shape index (κ1) is 26.9. The molecule has 1 atom stereocenters. The first-order valence-electron chi connectivity index (χ1n) is 11.8. The average Bonchev–Trinajstić information content (AvgIpc) is 3.22. The number of thioether (sulfide) groups is 1. The molecule has 1 N–H and O–H groups in total. The predicted molar refractivity (Wildman–Crippen MR) is 148 cm³/mol. The van der Waals surface area contributed by atoms with Crippen molar-refractivity contribution in [1.29, 1.82) is 0 Å². The molecule has 0 bridgehead atoms. The van der Waals surface area contributed by atoms with Gasteiger partial charge in [0.2, 0.25) is 11.8 Å². The lowest BCUT2D eigenvalue weighted by Gasteiger charge is -2.18. The minimum absolute atomic E-state index is 0.000401. The van der Waals surface area contributed by atoms with E-state index in [-0.39, 0.29) is 24.8 Å². The number of methoxy groups -OCH3 is 4. The number of amidine groups is 1. The van der Waals surface area contributed by atoms with E-state index in [2.05, 4.69) is 5.32 Å². The molecule has 1 aliphatic rings. The summed E-state index contributed by atoms with van der Waals surface area (Å²) in [4.78, 5) is 32.6. The van der Waals surface area contributed by atoms with Gasteiger partial charge in [-0.25, -0.2) is 4.99 Å². The Morgan fingerprint density at radius 2 is 1.50 bits per heavy atom. The standard InChI is InChI=1S/C28H29N3O6S/c1-34-21-10-6-19(7-11-21)29-26(32)16-25-27(33)31(17-18-5-14-23(36-3)24(15-18)37-4)28(38-25)30-20-8-12-22(35-2)13-9-20/h5-15,25H,16-17H2,1-4H3,(H,29,32)/t25-/m1/s1. The molecule has 0 spiro atoms. The summed E-state index contributed by atoms with van der Waals surface area (Å²) in [5.41, 5.74) is 2.13. The van der Waals surface area contributed by atoms with Crippen LogP contribution in [0, 0.1) is 0 Å². The Morgan fingerprint density at radius 1 is 0.868 bits per heavy atom. The van der Waals surface area contributed by atoms with Crippen molar-refractivity contribution in [2.24, 2.45) is 4.99 Å². The number of nitrogens with one attached hydrogen (secondary N) is 1. The van der Waals surface area contributed by atoms with Gasteiger partial charge >= 0.3 is 0 Å². The zero-order chi connectivity index (χ0) is 27.1. The molecule has 0 aromatic heterocycles. The topological polar surface area (TPSA) is 98.7 Å². The normalized spacial score (nSPS) is 15.9. The monoisotopic (exact) mass is 535 g/mol. The molecule has 0 radical (unpaired) electrons. The van der Waals surface area contributed by atoms with Gasteiger partial charge in [-0.05, 0) is 66.2 Å². The fourth-order valence-electron chi connectivity index (χ4n) is 3.85. The average molecular weight is 536 g/mol. The number of carbonyl (C=O) groups excluding carboxylic acids is 2. The second kappa shape index (κ2) is 12.4. The molecule has 1 saturated heterocycles. The van der Waals surface area contributed by atoms with Crippen LogP contribution in [0.5, 0.6) is 23.0 Å². The molecule has 38 heavy (non-hydrogen) atoms. The van der Waals surface area contributed by atoms with Crippen LogP contribution in [0.4, 0.5) is 11.4 Å². The molecule has 3 aromatic carbocycles. The summed E-state index contributed by atoms with van der Waals surface area (Å²) >= 11 is 1.27. The molecule has 1 heterocycles. The summed E-state index contributed by atoms with van der Waals surface area (Å²) < 4.78 is 21.1. The molecular weight excluding hydrogens is 506 g/mol. The maximum atomic E-state index is 13.5. The molecule has 198 valence electrons. The van der Waals surface area contributed by atoms with Gasteiger partial charge in [-0.15, -0.1) is 0 Å². The number of amides is 2. The van der Waals surface area contributed by atoms with Crippen molar-refractivity contribution in [3.63, 3.8) is 0 Å². The predicted octanol–water partition coefficient (Wildman–Crippen LogP) is 4.88. The van der Waals surface area contributed by atoms with Crippen molar-refractivity contribution in [2.45, 2.75) is 18.2 Å². The highest BCUT2D eigenvalue weighted by atomic mass is 32.2. The van der Waals surface area contributed by atoms with Crippen LogP contribution in [0.15, 0.2) is 71.7 Å². The van der Waals surface area contributed by atoms with E-state index in [1.807, 2.05) is 24.3 Å². The highest BCUT2D eigenvalue weighted by Crippen LogP contribution is 2.35. The van der Waals surface area contributed by atoms with Crippen LogP contribution in [0.2, 0.25) is 0 Å². The summed E-state index contributed by atoms with van der Waals surface area (Å²) in [5, 5.41) is 2.74. The van der Waals surface area contributed by atoms with E-state index >= 15 is 0 Å². The van der Waals surface area contributed by atoms with Gasteiger partial charge in [0.05, 0.1) is 40.7 Å². The van der Waals surface area contributed by atoms with Gasteiger partial charge in [0.15, 0.2) is 16.7 Å². The van der Waals surface area contributed by atoms with Gasteiger partial charge in [0, 0.05) is 12.1 Å². The fraction of sp³-hybridized carbons (Fsp3) is 0.250. The molecule has 1 aliphatic heterocycles. The number of nitrogens with zero attached hydrogens (tertiary/aromatic N) is 2. The largest absolute Gasteiger partial charge is 0.497 e. The van der Waals surface area contributed by atoms with E-state index in [9.17, 15) is 9.59 Å². The number of aliphatic imine (C=N–C) groups is 1. The van der Waals surface area contributed by atoms with Crippen LogP contribution >= 0.6 is 11.8 Å². The summed E-state index contributed by atoms with van der Waals surface area (Å²) in [7, 11) is 6.31. The second-order valence-corrected chi connectivity index (χ2v) is 9.46. The molecule has 9 nitrogen and oxygen atoms in total. The minimum atomic E-state index is -0.620. The van der Waals surface area contributed by atoms with Crippen LogP contribution in [0.1, 0.15) is 12.0 Å². The first-order valence-corrected chi connectivity index (χ1v) is 12.7. The van der Waals surface area contributed by atoms with E-state index in [0.717, 1.165) is 5.56 Å². The lowest BCUT2D eigenvalue weighted by Crippen LogP contribution is -2.33. The smallest absolute Gasteiger partial charge is 0.242 e. The highest BCUT2D eigenvalue weighted by Gasteiger charge is 2.39. The van der Waals surface area contributed by atoms with Crippen LogP contribution in [0.3, 0.4) is 0 Å². The zero-order valence-electron chi connectivity index (χ0n) is 21.6. The summed E-state index contributed by atoms with van der Waals surface area (Å²) in [6.07, 6.45) is -0.000401. The number of anilines is 1. The molecule has 10 heteroatoms. The van der Waals surface area contributed by atoms with Crippen LogP contribution in [0.25, 0.3) is 0 Å². The van der Waals surface area contributed by atoms with Gasteiger partial charge in [0.1, 0.15) is 16.7 Å². The second-order valence-electron chi connectivity index (χ2n) is 8.29. The van der Waals surface area contributed by atoms with Crippen molar-refractivity contribution in [3.8, 4) is 23.0 Å². The Labute approximate surface area is 225 Å². The van der Waals surface area contributed by atoms with Crippen LogP contribution < -0.4 is 24.3 Å². The molecule has 0 saturated carbocycles. The number of ether oxygens (including phenoxy) is 4. The van der Waals surface area contributed by atoms with Gasteiger partial charge in [-0.2, -0.15) is 0 Å². The molecule has 3 aromatic rings. The first-order chi connectivity index (χ1) is 18.4. The van der Waals surface area contributed by atoms with Crippen LogP contribution in [-0.2, 0) is 16.1 Å². The Balaban J connectivity index is 1.56. The van der Waals surface area contributed by atoms with Crippen molar-refractivity contribution in [3.05, 3.63) is 72.3 Å². The van der Waals surface area contributed by atoms with Crippen molar-refractivity contribution in [2.75, 3.05) is 33.8 Å². The van der Waals surface area contributed by atoms with Gasteiger partial charge in [-0.1, -0.05) is 17.8 Å². The number of carbonyl (C=O) groups is 2. The maximum absolute atomic E-state index is 13.5. The highest BCUT2D eigenvalue weighted by molar-refractivity contribution is 8.15. The quantitative estimate of drug-likeness (QED) is 0.395. The van der Waals surface area contributed by atoms with Gasteiger partial charge in [0.25, 0.3) is 0 Å². The Bertz CT molecular complexity index is 1310. The van der Waals surface area contributed by atoms with Crippen molar-refractivity contribution < 1.29 is 28.5 Å². The van der Waals surface area contributed by atoms with E-state index in [1.165, 1.54) is 11.8 Å². The number of rotatable bonds is 10. The van der Waals surface area contributed by atoms with E-state index < -0.39 is 5.25 Å². The van der Waals surface area contributed by atoms with E-state index in [1.54, 1.807) is 75.8 Å². The fourth-order valence-corrected chi connectivity index (χ4v) is 5.01. The number of hydrogen-bond acceptors (Lipinski definition) is 8. The Hall–Kier alpha value is -4.18. The van der Waals surface area contributed by atoms with Gasteiger partial charge in [-0.3, -0.25) is 14.5 Å². The molecular formula is C28H29N3O6S. The molecule has 4 rings (SSSR count). The maximum Gasteiger partial charge on any atom is 0.242 e. The van der Waals surface area contributed by atoms with E-state index in [4.69, 9.17) is 23.9 Å². The number of benzene rings is 3. The third-order valence-corrected chi connectivity index (χ3v) is 7.03. The molecule has 1 fully saturated rings. The Morgan fingerprint density at radius 3 is 2.11 bits per heavy atom. The summed E-state index contributed by atoms with van der Waals surface area (Å²) in [5.74, 6) is 2.10. The lowest BCUT2D eigenvalue weighted by atomic mass is 10.1. The van der Waals surface area contributed by atoms with Crippen molar-refractivity contribution >= 4 is 40.1 Å². The molecule has 0 unspecified atom stereocenters. The summed E-state index contributed by atoms with van der Waals surface area (Å²) in [6.45, 7) is 0.262. The third kappa shape index (κ3) is 6.38. The zero-order valence-corrected chi connectivity index (χ0v) is 22.4. The van der Waals surface area contributed by atoms with Crippen molar-refractivity contribution in [1.82, 2.24) is 4.90 Å². The van der Waals surface area contributed by atoms with Gasteiger partial charge < -0.3 is 24.3 Å². The van der Waals surface area contributed by atoms with Crippen LogP contribution in [-0.4, -0.2) is 55.6 Å². The molecule has 0 aliphatic carbocycles.